The number of hydrogen-bond acceptors (Lipinski definition) is 7. The number of amides is 1. The van der Waals surface area contributed by atoms with Crippen LogP contribution in [0.15, 0.2) is 44.4 Å². The van der Waals surface area contributed by atoms with Gasteiger partial charge in [-0.1, -0.05) is 23.9 Å². The molecule has 0 saturated carbocycles. The van der Waals surface area contributed by atoms with E-state index in [0.29, 0.717) is 36.4 Å². The van der Waals surface area contributed by atoms with Crippen molar-refractivity contribution in [3.05, 3.63) is 47.4 Å². The van der Waals surface area contributed by atoms with E-state index >= 15 is 0 Å². The van der Waals surface area contributed by atoms with E-state index in [1.807, 2.05) is 25.1 Å². The molecule has 1 aromatic carbocycles. The van der Waals surface area contributed by atoms with E-state index < -0.39 is 0 Å². The molecule has 1 aliphatic heterocycles. The second kappa shape index (κ2) is 8.95. The molecule has 30 heavy (non-hydrogen) atoms. The number of aryl methyl sites for hydroxylation is 1. The third-order valence-corrected chi connectivity index (χ3v) is 5.99. The summed E-state index contributed by atoms with van der Waals surface area (Å²) in [5, 5.41) is 0.567. The van der Waals surface area contributed by atoms with Crippen LogP contribution in [-0.4, -0.2) is 41.5 Å². The summed E-state index contributed by atoms with van der Waals surface area (Å²) in [4.78, 5) is 31.0. The van der Waals surface area contributed by atoms with Gasteiger partial charge in [0.15, 0.2) is 11.3 Å². The van der Waals surface area contributed by atoms with Crippen LogP contribution in [0.1, 0.15) is 41.6 Å². The third-order valence-electron chi connectivity index (χ3n) is 5.14. The molecule has 3 heterocycles. The molecule has 1 saturated heterocycles. The predicted molar refractivity (Wildman–Crippen MR) is 112 cm³/mol. The average Bonchev–Trinajstić information content (AvgIpc) is 3.39. The largest absolute Gasteiger partial charge is 0.466 e. The maximum absolute atomic E-state index is 12.8. The molecule has 0 aliphatic carbocycles. The molecular weight excluding hydrogens is 404 g/mol. The molecule has 8 heteroatoms. The van der Waals surface area contributed by atoms with Gasteiger partial charge in [-0.2, -0.15) is 0 Å². The standard InChI is InChI=1S/C22H24N2O5S/c1-3-27-21(26)15-7-5-11-24(12-15)20(25)18-10-9-16(28-18)13-30-22-23-19-14(2)6-4-8-17(19)29-22/h4,6,8-10,15H,3,5,7,11-13H2,1-2H3. The lowest BCUT2D eigenvalue weighted by molar-refractivity contribution is -0.149. The van der Waals surface area contributed by atoms with Gasteiger partial charge < -0.3 is 18.5 Å². The molecule has 7 nitrogen and oxygen atoms in total. The SMILES string of the molecule is CCOC(=O)C1CCCN(C(=O)c2ccc(CSc3nc4c(C)cccc4o3)o2)C1. The fourth-order valence-electron chi connectivity index (χ4n) is 3.60. The van der Waals surface area contributed by atoms with E-state index in [4.69, 9.17) is 13.6 Å². The number of rotatable bonds is 6. The molecule has 1 fully saturated rings. The fourth-order valence-corrected chi connectivity index (χ4v) is 4.33. The first-order chi connectivity index (χ1) is 14.5. The molecule has 0 radical (unpaired) electrons. The summed E-state index contributed by atoms with van der Waals surface area (Å²) >= 11 is 1.42. The number of ether oxygens (including phenoxy) is 1. The van der Waals surface area contributed by atoms with Gasteiger partial charge in [0, 0.05) is 13.1 Å². The quantitative estimate of drug-likeness (QED) is 0.424. The molecule has 0 bridgehead atoms. The minimum atomic E-state index is -0.268. The first kappa shape index (κ1) is 20.5. The minimum absolute atomic E-state index is 0.197. The number of fused-ring (bicyclic) bond motifs is 1. The Kier molecular flexibility index (Phi) is 6.13. The molecule has 158 valence electrons. The Bertz CT molecular complexity index is 1060. The average molecular weight is 429 g/mol. The van der Waals surface area contributed by atoms with Gasteiger partial charge in [-0.05, 0) is 50.5 Å². The third kappa shape index (κ3) is 4.38. The predicted octanol–water partition coefficient (Wildman–Crippen LogP) is 4.44. The number of furan rings is 1. The van der Waals surface area contributed by atoms with Crippen LogP contribution in [-0.2, 0) is 15.3 Å². The maximum atomic E-state index is 12.8. The number of oxazole rings is 1. The number of esters is 1. The Labute approximate surface area is 178 Å². The zero-order valence-electron chi connectivity index (χ0n) is 17.1. The smallest absolute Gasteiger partial charge is 0.310 e. The lowest BCUT2D eigenvalue weighted by Gasteiger charge is -2.30. The highest BCUT2D eigenvalue weighted by Gasteiger charge is 2.31. The lowest BCUT2D eigenvalue weighted by Crippen LogP contribution is -2.42. The Balaban J connectivity index is 1.37. The Morgan fingerprint density at radius 1 is 1.27 bits per heavy atom. The zero-order chi connectivity index (χ0) is 21.1. The van der Waals surface area contributed by atoms with Crippen LogP contribution >= 0.6 is 11.8 Å². The van der Waals surface area contributed by atoms with Gasteiger partial charge in [0.1, 0.15) is 11.3 Å². The monoisotopic (exact) mass is 428 g/mol. The van der Waals surface area contributed by atoms with E-state index in [1.165, 1.54) is 11.8 Å². The van der Waals surface area contributed by atoms with Crippen molar-refractivity contribution in [3.8, 4) is 0 Å². The molecule has 0 N–H and O–H groups in total. The molecule has 1 aliphatic rings. The van der Waals surface area contributed by atoms with Crippen molar-refractivity contribution in [1.82, 2.24) is 9.88 Å². The van der Waals surface area contributed by atoms with Crippen LogP contribution in [0.3, 0.4) is 0 Å². The van der Waals surface area contributed by atoms with Gasteiger partial charge in [-0.3, -0.25) is 9.59 Å². The van der Waals surface area contributed by atoms with Crippen molar-refractivity contribution in [2.24, 2.45) is 5.92 Å². The fraction of sp³-hybridized carbons (Fsp3) is 0.409. The van der Waals surface area contributed by atoms with Crippen LogP contribution in [0.2, 0.25) is 0 Å². The van der Waals surface area contributed by atoms with Crippen LogP contribution in [0.25, 0.3) is 11.1 Å². The van der Waals surface area contributed by atoms with Crippen LogP contribution in [0.5, 0.6) is 0 Å². The van der Waals surface area contributed by atoms with Crippen molar-refractivity contribution in [1.29, 1.82) is 0 Å². The molecule has 2 aromatic heterocycles. The summed E-state index contributed by atoms with van der Waals surface area (Å²) in [5.74, 6) is 0.753. The number of para-hydroxylation sites is 1. The van der Waals surface area contributed by atoms with Crippen molar-refractivity contribution in [2.45, 2.75) is 37.7 Å². The molecule has 4 rings (SSSR count). The number of piperidine rings is 1. The molecule has 1 unspecified atom stereocenters. The second-order valence-electron chi connectivity index (χ2n) is 7.30. The summed E-state index contributed by atoms with van der Waals surface area (Å²) < 4.78 is 16.6. The summed E-state index contributed by atoms with van der Waals surface area (Å²) in [7, 11) is 0. The molecule has 1 atom stereocenters. The number of aromatic nitrogens is 1. The van der Waals surface area contributed by atoms with E-state index in [0.717, 1.165) is 29.5 Å². The van der Waals surface area contributed by atoms with Crippen LogP contribution in [0, 0.1) is 12.8 Å². The molecule has 0 spiro atoms. The van der Waals surface area contributed by atoms with Crippen molar-refractivity contribution >= 4 is 34.7 Å². The normalized spacial score (nSPS) is 16.7. The minimum Gasteiger partial charge on any atom is -0.466 e. The number of thioether (sulfide) groups is 1. The number of hydrogen-bond donors (Lipinski definition) is 0. The summed E-state index contributed by atoms with van der Waals surface area (Å²) in [5.41, 5.74) is 2.68. The Morgan fingerprint density at radius 2 is 2.13 bits per heavy atom. The maximum Gasteiger partial charge on any atom is 0.310 e. The molecule has 3 aromatic rings. The Hall–Kier alpha value is -2.74. The summed E-state index contributed by atoms with van der Waals surface area (Å²) in [6.45, 7) is 5.11. The van der Waals surface area contributed by atoms with Gasteiger partial charge in [0.05, 0.1) is 18.3 Å². The lowest BCUT2D eigenvalue weighted by atomic mass is 9.98. The van der Waals surface area contributed by atoms with Crippen molar-refractivity contribution < 1.29 is 23.2 Å². The summed E-state index contributed by atoms with van der Waals surface area (Å²) in [6, 6.07) is 9.31. The highest BCUT2D eigenvalue weighted by molar-refractivity contribution is 7.98. The van der Waals surface area contributed by atoms with E-state index in [1.54, 1.807) is 24.0 Å². The topological polar surface area (TPSA) is 85.8 Å². The Morgan fingerprint density at radius 3 is 2.93 bits per heavy atom. The number of nitrogens with zero attached hydrogens (tertiary/aromatic N) is 2. The van der Waals surface area contributed by atoms with Gasteiger partial charge >= 0.3 is 5.97 Å². The van der Waals surface area contributed by atoms with Crippen molar-refractivity contribution in [3.63, 3.8) is 0 Å². The molecule has 1 amide bonds. The van der Waals surface area contributed by atoms with E-state index in [9.17, 15) is 9.59 Å². The van der Waals surface area contributed by atoms with Crippen molar-refractivity contribution in [2.75, 3.05) is 19.7 Å². The number of carbonyl (C=O) groups excluding carboxylic acids is 2. The highest BCUT2D eigenvalue weighted by Crippen LogP contribution is 2.28. The second-order valence-corrected chi connectivity index (χ2v) is 8.23. The van der Waals surface area contributed by atoms with Crippen LogP contribution in [0.4, 0.5) is 0 Å². The molecular formula is C22H24N2O5S. The van der Waals surface area contributed by atoms with Gasteiger partial charge in [-0.25, -0.2) is 4.98 Å². The van der Waals surface area contributed by atoms with E-state index in [2.05, 4.69) is 4.98 Å². The van der Waals surface area contributed by atoms with E-state index in [-0.39, 0.29) is 23.6 Å². The first-order valence-corrected chi connectivity index (χ1v) is 11.1. The number of carbonyl (C=O) groups is 2. The van der Waals surface area contributed by atoms with Gasteiger partial charge in [0.25, 0.3) is 11.1 Å². The zero-order valence-corrected chi connectivity index (χ0v) is 17.9. The number of likely N-dealkylation sites (tertiary alicyclic amines) is 1. The summed E-state index contributed by atoms with van der Waals surface area (Å²) in [6.07, 6.45) is 1.52. The number of benzene rings is 1. The van der Waals surface area contributed by atoms with Crippen LogP contribution < -0.4 is 0 Å². The first-order valence-electron chi connectivity index (χ1n) is 10.1. The highest BCUT2D eigenvalue weighted by atomic mass is 32.2. The van der Waals surface area contributed by atoms with Gasteiger partial charge in [0.2, 0.25) is 0 Å². The van der Waals surface area contributed by atoms with Gasteiger partial charge in [-0.15, -0.1) is 0 Å².